The van der Waals surface area contributed by atoms with Crippen molar-refractivity contribution in [2.24, 2.45) is 0 Å². The first-order chi connectivity index (χ1) is 7.81. The Labute approximate surface area is 96.5 Å². The lowest BCUT2D eigenvalue weighted by atomic mass is 9.92. The molecule has 1 rings (SSSR count). The third-order valence-electron chi connectivity index (χ3n) is 2.18. The average Bonchev–Trinajstić information content (AvgIpc) is 2.15. The molecule has 17 heavy (non-hydrogen) atoms. The third kappa shape index (κ3) is 3.99. The van der Waals surface area contributed by atoms with Crippen molar-refractivity contribution in [3.63, 3.8) is 0 Å². The first-order valence-corrected chi connectivity index (χ1v) is 4.81. The van der Waals surface area contributed by atoms with E-state index in [0.29, 0.717) is 0 Å². The molecule has 0 heterocycles. The summed E-state index contributed by atoms with van der Waals surface area (Å²) in [5.74, 6) is -1.31. The molecule has 0 saturated carbocycles. The number of ether oxygens (including phenoxy) is 1. The normalized spacial score (nSPS) is 14.4. The van der Waals surface area contributed by atoms with Crippen LogP contribution in [0.4, 0.5) is 8.78 Å². The highest BCUT2D eigenvalue weighted by atomic mass is 19.3. The van der Waals surface area contributed by atoms with Gasteiger partial charge in [0.05, 0.1) is 12.0 Å². The predicted octanol–water partition coefficient (Wildman–Crippen LogP) is 1.97. The molecular formula is C11H12F2O4. The Morgan fingerprint density at radius 2 is 2.18 bits per heavy atom. The maximum absolute atomic E-state index is 12.0. The highest BCUT2D eigenvalue weighted by Gasteiger charge is 2.27. The zero-order valence-corrected chi connectivity index (χ0v) is 9.06. The van der Waals surface area contributed by atoms with Gasteiger partial charge in [0, 0.05) is 0 Å². The number of hydrogen-bond acceptors (Lipinski definition) is 3. The van der Waals surface area contributed by atoms with E-state index in [1.807, 2.05) is 0 Å². The van der Waals surface area contributed by atoms with E-state index < -0.39 is 24.6 Å². The number of hydrogen-bond donors (Lipinski definition) is 2. The van der Waals surface area contributed by atoms with Crippen molar-refractivity contribution in [3.8, 4) is 5.75 Å². The number of carboxylic acids is 1. The van der Waals surface area contributed by atoms with Gasteiger partial charge in [0.1, 0.15) is 5.75 Å². The first-order valence-electron chi connectivity index (χ1n) is 4.81. The number of carboxylic acid groups (broad SMARTS) is 1. The molecule has 0 radical (unpaired) electrons. The standard InChI is InChI=1S/C11H12F2O4/c1-11(16,6-9(14)15)7-3-2-4-8(5-7)17-10(12)13/h2-5,10,16H,6H2,1H3,(H,14,15). The molecule has 0 spiro atoms. The lowest BCUT2D eigenvalue weighted by molar-refractivity contribution is -0.142. The van der Waals surface area contributed by atoms with Crippen molar-refractivity contribution in [1.82, 2.24) is 0 Å². The van der Waals surface area contributed by atoms with Gasteiger partial charge in [-0.3, -0.25) is 4.79 Å². The lowest BCUT2D eigenvalue weighted by Crippen LogP contribution is -2.25. The van der Waals surface area contributed by atoms with Crippen LogP contribution in [-0.4, -0.2) is 22.8 Å². The minimum absolute atomic E-state index is 0.122. The molecule has 1 atom stereocenters. The van der Waals surface area contributed by atoms with Crippen LogP contribution < -0.4 is 4.74 Å². The molecule has 0 aliphatic carbocycles. The maximum atomic E-state index is 12.0. The average molecular weight is 246 g/mol. The second kappa shape index (κ2) is 5.09. The fraction of sp³-hybridized carbons (Fsp3) is 0.364. The molecule has 0 aliphatic rings. The smallest absolute Gasteiger partial charge is 0.387 e. The molecule has 1 unspecified atom stereocenters. The quantitative estimate of drug-likeness (QED) is 0.833. The summed E-state index contributed by atoms with van der Waals surface area (Å²) in [5.41, 5.74) is -1.43. The predicted molar refractivity (Wildman–Crippen MR) is 54.9 cm³/mol. The highest BCUT2D eigenvalue weighted by Crippen LogP contribution is 2.27. The number of halogens is 2. The maximum Gasteiger partial charge on any atom is 0.387 e. The Morgan fingerprint density at radius 1 is 1.53 bits per heavy atom. The van der Waals surface area contributed by atoms with E-state index in [2.05, 4.69) is 4.74 Å². The van der Waals surface area contributed by atoms with Crippen LogP contribution in [0.2, 0.25) is 0 Å². The zero-order valence-electron chi connectivity index (χ0n) is 9.06. The van der Waals surface area contributed by atoms with Crippen LogP contribution >= 0.6 is 0 Å². The number of alkyl halides is 2. The number of aliphatic hydroxyl groups is 1. The minimum Gasteiger partial charge on any atom is -0.481 e. The largest absolute Gasteiger partial charge is 0.481 e. The Balaban J connectivity index is 2.94. The zero-order chi connectivity index (χ0) is 13.1. The SMILES string of the molecule is CC(O)(CC(=O)O)c1cccc(OC(F)F)c1. The second-order valence-electron chi connectivity index (χ2n) is 3.75. The van der Waals surface area contributed by atoms with Crippen molar-refractivity contribution in [2.45, 2.75) is 25.6 Å². The Morgan fingerprint density at radius 3 is 2.71 bits per heavy atom. The summed E-state index contributed by atoms with van der Waals surface area (Å²) in [4.78, 5) is 10.5. The summed E-state index contributed by atoms with van der Waals surface area (Å²) in [6, 6.07) is 5.34. The molecule has 0 fully saturated rings. The summed E-state index contributed by atoms with van der Waals surface area (Å²) >= 11 is 0. The van der Waals surface area contributed by atoms with Crippen LogP contribution in [0.1, 0.15) is 18.9 Å². The molecule has 0 aliphatic heterocycles. The monoisotopic (exact) mass is 246 g/mol. The summed E-state index contributed by atoms with van der Waals surface area (Å²) < 4.78 is 28.1. The molecule has 0 bridgehead atoms. The van der Waals surface area contributed by atoms with Gasteiger partial charge in [-0.2, -0.15) is 8.78 Å². The molecular weight excluding hydrogens is 234 g/mol. The molecule has 4 nitrogen and oxygen atoms in total. The summed E-state index contributed by atoms with van der Waals surface area (Å²) in [6.07, 6.45) is -0.523. The number of aliphatic carboxylic acids is 1. The Bertz CT molecular complexity index is 404. The van der Waals surface area contributed by atoms with Crippen LogP contribution in [-0.2, 0) is 10.4 Å². The Hall–Kier alpha value is -1.69. The number of benzene rings is 1. The van der Waals surface area contributed by atoms with Gasteiger partial charge in [-0.25, -0.2) is 0 Å². The van der Waals surface area contributed by atoms with Crippen molar-refractivity contribution in [3.05, 3.63) is 29.8 Å². The highest BCUT2D eigenvalue weighted by molar-refractivity contribution is 5.68. The summed E-state index contributed by atoms with van der Waals surface area (Å²) in [5, 5.41) is 18.5. The second-order valence-corrected chi connectivity index (χ2v) is 3.75. The molecule has 0 aromatic heterocycles. The Kier molecular flexibility index (Phi) is 4.01. The van der Waals surface area contributed by atoms with Gasteiger partial charge in [-0.15, -0.1) is 0 Å². The number of rotatable bonds is 5. The van der Waals surface area contributed by atoms with E-state index >= 15 is 0 Å². The van der Waals surface area contributed by atoms with Crippen LogP contribution in [0.3, 0.4) is 0 Å². The molecule has 94 valence electrons. The molecule has 6 heteroatoms. The van der Waals surface area contributed by atoms with Gasteiger partial charge in [0.15, 0.2) is 0 Å². The van der Waals surface area contributed by atoms with Crippen LogP contribution in [0, 0.1) is 0 Å². The molecule has 0 amide bonds. The van der Waals surface area contributed by atoms with Gasteiger partial charge in [0.25, 0.3) is 0 Å². The van der Waals surface area contributed by atoms with Gasteiger partial charge in [-0.1, -0.05) is 12.1 Å². The van der Waals surface area contributed by atoms with E-state index in [0.717, 1.165) is 0 Å². The molecule has 0 saturated heterocycles. The van der Waals surface area contributed by atoms with E-state index in [9.17, 15) is 18.7 Å². The van der Waals surface area contributed by atoms with Gasteiger partial charge < -0.3 is 14.9 Å². The third-order valence-corrected chi connectivity index (χ3v) is 2.18. The lowest BCUT2D eigenvalue weighted by Gasteiger charge is -2.22. The minimum atomic E-state index is -2.96. The van der Waals surface area contributed by atoms with Gasteiger partial charge in [0.2, 0.25) is 0 Å². The van der Waals surface area contributed by atoms with Gasteiger partial charge in [-0.05, 0) is 24.6 Å². The van der Waals surface area contributed by atoms with E-state index in [-0.39, 0.29) is 11.3 Å². The molecule has 1 aromatic carbocycles. The first kappa shape index (κ1) is 13.4. The summed E-state index contributed by atoms with van der Waals surface area (Å²) in [6.45, 7) is -1.67. The summed E-state index contributed by atoms with van der Waals surface area (Å²) in [7, 11) is 0. The van der Waals surface area contributed by atoms with Crippen LogP contribution in [0.5, 0.6) is 5.75 Å². The fourth-order valence-corrected chi connectivity index (χ4v) is 1.40. The van der Waals surface area contributed by atoms with Gasteiger partial charge >= 0.3 is 12.6 Å². The van der Waals surface area contributed by atoms with Crippen molar-refractivity contribution < 1.29 is 28.5 Å². The topological polar surface area (TPSA) is 66.8 Å². The fourth-order valence-electron chi connectivity index (χ4n) is 1.40. The van der Waals surface area contributed by atoms with Crippen molar-refractivity contribution in [1.29, 1.82) is 0 Å². The number of carbonyl (C=O) groups is 1. The van der Waals surface area contributed by atoms with Crippen LogP contribution in [0.25, 0.3) is 0 Å². The van der Waals surface area contributed by atoms with Crippen molar-refractivity contribution >= 4 is 5.97 Å². The molecule has 1 aromatic rings. The van der Waals surface area contributed by atoms with E-state index in [1.54, 1.807) is 0 Å². The van der Waals surface area contributed by atoms with E-state index in [1.165, 1.54) is 31.2 Å². The van der Waals surface area contributed by atoms with E-state index in [4.69, 9.17) is 5.11 Å². The van der Waals surface area contributed by atoms with Crippen molar-refractivity contribution in [2.75, 3.05) is 0 Å². The van der Waals surface area contributed by atoms with Crippen LogP contribution in [0.15, 0.2) is 24.3 Å². The molecule has 2 N–H and O–H groups in total.